The Hall–Kier alpha value is -1.37. The Morgan fingerprint density at radius 3 is 2.77 bits per heavy atom. The number of carbonyl (C=O) groups excluding carboxylic acids is 1. The van der Waals surface area contributed by atoms with Gasteiger partial charge in [0.25, 0.3) is 0 Å². The number of amides is 2. The van der Waals surface area contributed by atoms with Gasteiger partial charge in [-0.3, -0.25) is 0 Å². The average molecular weight is 333 g/mol. The summed E-state index contributed by atoms with van der Waals surface area (Å²) in [6, 6.07) is 2.97. The second-order valence-corrected chi connectivity index (χ2v) is 5.68. The smallest absolute Gasteiger partial charge is 0.315 e. The highest BCUT2D eigenvalue weighted by Gasteiger charge is 2.15. The minimum atomic E-state index is -0.705. The molecule has 0 saturated carbocycles. The lowest BCUT2D eigenvalue weighted by molar-refractivity contribution is 0.112. The monoisotopic (exact) mass is 332 g/mol. The van der Waals surface area contributed by atoms with Crippen molar-refractivity contribution < 1.29 is 19.0 Å². The molecule has 0 saturated heterocycles. The number of rotatable bonds is 8. The van der Waals surface area contributed by atoms with E-state index in [1.165, 1.54) is 12.1 Å². The van der Waals surface area contributed by atoms with Gasteiger partial charge in [-0.25, -0.2) is 9.18 Å². The van der Waals surface area contributed by atoms with Crippen LogP contribution in [-0.2, 0) is 4.74 Å². The van der Waals surface area contributed by atoms with E-state index in [0.29, 0.717) is 31.2 Å². The highest BCUT2D eigenvalue weighted by atomic mass is 35.5. The van der Waals surface area contributed by atoms with Crippen LogP contribution < -0.4 is 10.6 Å². The van der Waals surface area contributed by atoms with Crippen LogP contribution in [0.3, 0.4) is 0 Å². The largest absolute Gasteiger partial charge is 0.394 e. The Bertz CT molecular complexity index is 486. The van der Waals surface area contributed by atoms with E-state index in [1.807, 2.05) is 13.8 Å². The molecule has 7 heteroatoms. The molecule has 124 valence electrons. The van der Waals surface area contributed by atoms with Gasteiger partial charge in [0.1, 0.15) is 5.82 Å². The standard InChI is InChI=1S/C15H22ClFN2O3/c1-10(2)9-22-6-5-18-15(21)19-14(8-20)11-3-4-12(16)13(17)7-11/h3-4,7,10,14,20H,5-6,8-9H2,1-2H3,(H2,18,19,21). The topological polar surface area (TPSA) is 70.6 Å². The van der Waals surface area contributed by atoms with Crippen LogP contribution in [-0.4, -0.2) is 37.5 Å². The molecule has 0 fully saturated rings. The number of carbonyl (C=O) groups is 1. The number of halogens is 2. The fourth-order valence-corrected chi connectivity index (χ4v) is 1.85. The molecule has 0 aliphatic rings. The third kappa shape index (κ3) is 6.60. The average Bonchev–Trinajstić information content (AvgIpc) is 2.47. The van der Waals surface area contributed by atoms with Crippen molar-refractivity contribution in [3.63, 3.8) is 0 Å². The molecule has 1 aromatic carbocycles. The van der Waals surface area contributed by atoms with E-state index >= 15 is 0 Å². The van der Waals surface area contributed by atoms with Crippen molar-refractivity contribution in [2.75, 3.05) is 26.4 Å². The van der Waals surface area contributed by atoms with Gasteiger partial charge < -0.3 is 20.5 Å². The maximum Gasteiger partial charge on any atom is 0.315 e. The fourth-order valence-electron chi connectivity index (χ4n) is 1.73. The fraction of sp³-hybridized carbons (Fsp3) is 0.533. The Kier molecular flexibility index (Phi) is 8.16. The zero-order chi connectivity index (χ0) is 16.5. The predicted molar refractivity (Wildman–Crippen MR) is 83.4 cm³/mol. The van der Waals surface area contributed by atoms with Gasteiger partial charge in [0, 0.05) is 13.2 Å². The Labute approximate surface area is 134 Å². The second kappa shape index (κ2) is 9.61. The molecule has 3 N–H and O–H groups in total. The lowest BCUT2D eigenvalue weighted by atomic mass is 10.1. The molecular weight excluding hydrogens is 311 g/mol. The summed E-state index contributed by atoms with van der Waals surface area (Å²) < 4.78 is 18.7. The van der Waals surface area contributed by atoms with Crippen LogP contribution in [0, 0.1) is 11.7 Å². The predicted octanol–water partition coefficient (Wildman–Crippen LogP) is 2.48. The number of hydrogen-bond donors (Lipinski definition) is 3. The summed E-state index contributed by atoms with van der Waals surface area (Å²) in [6.45, 7) is 5.12. The first-order valence-corrected chi connectivity index (χ1v) is 7.49. The van der Waals surface area contributed by atoms with Gasteiger partial charge in [-0.1, -0.05) is 31.5 Å². The number of aliphatic hydroxyl groups excluding tert-OH is 1. The molecule has 2 amide bonds. The SMILES string of the molecule is CC(C)COCCNC(=O)NC(CO)c1ccc(Cl)c(F)c1. The molecule has 0 bridgehead atoms. The zero-order valence-electron chi connectivity index (χ0n) is 12.7. The van der Waals surface area contributed by atoms with E-state index in [-0.39, 0.29) is 11.6 Å². The van der Waals surface area contributed by atoms with E-state index in [4.69, 9.17) is 16.3 Å². The number of hydrogen-bond acceptors (Lipinski definition) is 3. The maximum atomic E-state index is 13.4. The molecular formula is C15H22ClFN2O3. The van der Waals surface area contributed by atoms with Crippen molar-refractivity contribution in [3.8, 4) is 0 Å². The van der Waals surface area contributed by atoms with Crippen molar-refractivity contribution in [2.24, 2.45) is 5.92 Å². The summed E-state index contributed by atoms with van der Waals surface area (Å²) in [5.74, 6) is -0.158. The summed E-state index contributed by atoms with van der Waals surface area (Å²) in [7, 11) is 0. The Balaban J connectivity index is 2.41. The van der Waals surface area contributed by atoms with Crippen LogP contribution >= 0.6 is 11.6 Å². The number of benzene rings is 1. The first kappa shape index (κ1) is 18.7. The van der Waals surface area contributed by atoms with Gasteiger partial charge in [0.05, 0.1) is 24.3 Å². The molecule has 0 spiro atoms. The molecule has 1 rings (SSSR count). The minimum Gasteiger partial charge on any atom is -0.394 e. The molecule has 0 aliphatic carbocycles. The third-order valence-electron chi connectivity index (χ3n) is 2.82. The van der Waals surface area contributed by atoms with Crippen molar-refractivity contribution in [2.45, 2.75) is 19.9 Å². The van der Waals surface area contributed by atoms with Gasteiger partial charge in [-0.15, -0.1) is 0 Å². The molecule has 22 heavy (non-hydrogen) atoms. The first-order chi connectivity index (χ1) is 10.4. The van der Waals surface area contributed by atoms with Crippen LogP contribution in [0.15, 0.2) is 18.2 Å². The summed E-state index contributed by atoms with van der Waals surface area (Å²) in [6.07, 6.45) is 0. The Morgan fingerprint density at radius 2 is 2.18 bits per heavy atom. The number of nitrogens with one attached hydrogen (secondary N) is 2. The Morgan fingerprint density at radius 1 is 1.45 bits per heavy atom. The van der Waals surface area contributed by atoms with E-state index in [2.05, 4.69) is 10.6 Å². The van der Waals surface area contributed by atoms with Gasteiger partial charge in [0.2, 0.25) is 0 Å². The van der Waals surface area contributed by atoms with Gasteiger partial charge in [-0.2, -0.15) is 0 Å². The summed E-state index contributed by atoms with van der Waals surface area (Å²) in [4.78, 5) is 11.7. The summed E-state index contributed by atoms with van der Waals surface area (Å²) in [5.41, 5.74) is 0.440. The number of aliphatic hydroxyl groups is 1. The highest BCUT2D eigenvalue weighted by molar-refractivity contribution is 6.30. The van der Waals surface area contributed by atoms with Crippen molar-refractivity contribution in [1.29, 1.82) is 0 Å². The first-order valence-electron chi connectivity index (χ1n) is 7.12. The minimum absolute atomic E-state index is 0.00723. The van der Waals surface area contributed by atoms with Crippen LogP contribution in [0.2, 0.25) is 5.02 Å². The quantitative estimate of drug-likeness (QED) is 0.640. The van der Waals surface area contributed by atoms with E-state index < -0.39 is 17.9 Å². The second-order valence-electron chi connectivity index (χ2n) is 5.28. The molecule has 1 aromatic rings. The summed E-state index contributed by atoms with van der Waals surface area (Å²) >= 11 is 5.60. The van der Waals surface area contributed by atoms with Crippen molar-refractivity contribution >= 4 is 17.6 Å². The van der Waals surface area contributed by atoms with Gasteiger partial charge >= 0.3 is 6.03 Å². The molecule has 0 aromatic heterocycles. The maximum absolute atomic E-state index is 13.4. The van der Waals surface area contributed by atoms with Crippen molar-refractivity contribution in [1.82, 2.24) is 10.6 Å². The molecule has 1 unspecified atom stereocenters. The highest BCUT2D eigenvalue weighted by Crippen LogP contribution is 2.20. The van der Waals surface area contributed by atoms with Crippen LogP contribution in [0.5, 0.6) is 0 Å². The van der Waals surface area contributed by atoms with E-state index in [1.54, 1.807) is 6.07 Å². The van der Waals surface area contributed by atoms with E-state index in [0.717, 1.165) is 0 Å². The number of urea groups is 1. The van der Waals surface area contributed by atoms with E-state index in [9.17, 15) is 14.3 Å². The molecule has 0 radical (unpaired) electrons. The van der Waals surface area contributed by atoms with Gasteiger partial charge in [0.15, 0.2) is 0 Å². The van der Waals surface area contributed by atoms with Crippen molar-refractivity contribution in [3.05, 3.63) is 34.6 Å². The molecule has 0 aliphatic heterocycles. The molecule has 0 heterocycles. The molecule has 5 nitrogen and oxygen atoms in total. The van der Waals surface area contributed by atoms with Crippen LogP contribution in [0.1, 0.15) is 25.5 Å². The normalized spacial score (nSPS) is 12.3. The van der Waals surface area contributed by atoms with Crippen LogP contribution in [0.4, 0.5) is 9.18 Å². The van der Waals surface area contributed by atoms with Crippen LogP contribution in [0.25, 0.3) is 0 Å². The summed E-state index contributed by atoms with van der Waals surface area (Å²) in [5, 5.41) is 14.5. The molecule has 1 atom stereocenters. The lowest BCUT2D eigenvalue weighted by Gasteiger charge is -2.17. The number of ether oxygens (including phenoxy) is 1. The van der Waals surface area contributed by atoms with Gasteiger partial charge in [-0.05, 0) is 23.6 Å². The third-order valence-corrected chi connectivity index (χ3v) is 3.12. The lowest BCUT2D eigenvalue weighted by Crippen LogP contribution is -2.40. The zero-order valence-corrected chi connectivity index (χ0v) is 13.5.